The first kappa shape index (κ1) is 38.4. The molecule has 0 saturated heterocycles. The van der Waals surface area contributed by atoms with Crippen LogP contribution >= 0.6 is 0 Å². The van der Waals surface area contributed by atoms with Crippen molar-refractivity contribution < 1.29 is 76.9 Å². The highest BCUT2D eigenvalue weighted by molar-refractivity contribution is 6.24. The number of carbonyl (C=O) groups excluding carboxylic acids is 6. The monoisotopic (exact) mass is 700 g/mol. The Balaban J connectivity index is 2.14. The molecular weight excluding hydrogens is 664 g/mol. The van der Waals surface area contributed by atoms with Crippen LogP contribution in [0.3, 0.4) is 0 Å². The lowest BCUT2D eigenvalue weighted by Crippen LogP contribution is -2.31. The van der Waals surface area contributed by atoms with Crippen LogP contribution in [0.2, 0.25) is 0 Å². The molecule has 0 saturated carbocycles. The van der Waals surface area contributed by atoms with Gasteiger partial charge in [0.25, 0.3) is 0 Å². The van der Waals surface area contributed by atoms with Crippen molar-refractivity contribution in [1.29, 1.82) is 0 Å². The van der Waals surface area contributed by atoms with E-state index in [0.29, 0.717) is 0 Å². The van der Waals surface area contributed by atoms with Crippen molar-refractivity contribution in [3.63, 3.8) is 0 Å². The molecule has 268 valence electrons. The van der Waals surface area contributed by atoms with E-state index >= 15 is 0 Å². The minimum atomic E-state index is -1.36. The SMILES string of the molecule is COC(=O)COc1ccc([C@@H](CC(=O)OC)C2=C(O)C(=O)C([C@H](CC(=O)OC)c3ccc(OCC(=O)OC)c(OC)c3)=C(O)C2=O)cc1OC. The van der Waals surface area contributed by atoms with E-state index in [9.17, 15) is 39.0 Å². The van der Waals surface area contributed by atoms with Gasteiger partial charge in [-0.15, -0.1) is 0 Å². The Kier molecular flexibility index (Phi) is 13.3. The van der Waals surface area contributed by atoms with Gasteiger partial charge in [-0.3, -0.25) is 19.2 Å². The number of ketones is 2. The number of ether oxygens (including phenoxy) is 8. The first-order chi connectivity index (χ1) is 23.8. The zero-order chi connectivity index (χ0) is 37.1. The fraction of sp³-hybridized carbons (Fsp3) is 0.353. The molecule has 50 heavy (non-hydrogen) atoms. The lowest BCUT2D eigenvalue weighted by atomic mass is 9.75. The molecule has 0 aliphatic heterocycles. The van der Waals surface area contributed by atoms with Gasteiger partial charge < -0.3 is 48.1 Å². The number of allylic oxidation sites excluding steroid dienone is 2. The quantitative estimate of drug-likeness (QED) is 0.146. The van der Waals surface area contributed by atoms with Crippen LogP contribution in [0, 0.1) is 0 Å². The Morgan fingerprint density at radius 3 is 1.18 bits per heavy atom. The third-order valence-electron chi connectivity index (χ3n) is 7.65. The fourth-order valence-electron chi connectivity index (χ4n) is 5.07. The van der Waals surface area contributed by atoms with Crippen LogP contribution in [0.5, 0.6) is 23.0 Å². The molecule has 0 heterocycles. The summed E-state index contributed by atoms with van der Waals surface area (Å²) in [5, 5.41) is 22.7. The first-order valence-corrected chi connectivity index (χ1v) is 14.7. The highest BCUT2D eigenvalue weighted by atomic mass is 16.6. The molecule has 0 fully saturated rings. The molecule has 0 spiro atoms. The number of benzene rings is 2. The normalized spacial score (nSPS) is 14.0. The molecule has 0 amide bonds. The van der Waals surface area contributed by atoms with Crippen LogP contribution in [-0.2, 0) is 47.7 Å². The van der Waals surface area contributed by atoms with E-state index in [0.717, 1.165) is 14.2 Å². The zero-order valence-corrected chi connectivity index (χ0v) is 28.1. The number of hydrogen-bond donors (Lipinski definition) is 2. The van der Waals surface area contributed by atoms with Crippen LogP contribution in [0.4, 0.5) is 0 Å². The van der Waals surface area contributed by atoms with E-state index in [1.54, 1.807) is 0 Å². The number of methoxy groups -OCH3 is 6. The largest absolute Gasteiger partial charge is 0.504 e. The second kappa shape index (κ2) is 17.4. The molecule has 2 atom stereocenters. The highest BCUT2D eigenvalue weighted by Gasteiger charge is 2.43. The van der Waals surface area contributed by atoms with Crippen molar-refractivity contribution in [2.24, 2.45) is 0 Å². The maximum Gasteiger partial charge on any atom is 0.343 e. The maximum atomic E-state index is 13.9. The molecule has 0 aromatic heterocycles. The van der Waals surface area contributed by atoms with Gasteiger partial charge in [-0.1, -0.05) is 12.1 Å². The van der Waals surface area contributed by atoms with E-state index < -0.39 is 96.0 Å². The average Bonchev–Trinajstić information content (AvgIpc) is 3.13. The van der Waals surface area contributed by atoms with Gasteiger partial charge in [-0.2, -0.15) is 0 Å². The van der Waals surface area contributed by atoms with Gasteiger partial charge in [0.2, 0.25) is 11.6 Å². The Labute approximate surface area is 286 Å². The van der Waals surface area contributed by atoms with Crippen molar-refractivity contribution >= 4 is 35.4 Å². The molecule has 2 N–H and O–H groups in total. The summed E-state index contributed by atoms with van der Waals surface area (Å²) >= 11 is 0. The van der Waals surface area contributed by atoms with Gasteiger partial charge in [0, 0.05) is 11.8 Å². The van der Waals surface area contributed by atoms with E-state index in [1.165, 1.54) is 64.8 Å². The molecule has 0 bridgehead atoms. The van der Waals surface area contributed by atoms with Crippen LogP contribution in [0.25, 0.3) is 0 Å². The minimum absolute atomic E-state index is 0.0579. The molecule has 0 unspecified atom stereocenters. The predicted molar refractivity (Wildman–Crippen MR) is 169 cm³/mol. The highest BCUT2D eigenvalue weighted by Crippen LogP contribution is 2.43. The van der Waals surface area contributed by atoms with E-state index in [-0.39, 0.29) is 34.1 Å². The number of aliphatic hydroxyl groups is 2. The maximum absolute atomic E-state index is 13.9. The van der Waals surface area contributed by atoms with Crippen LogP contribution < -0.4 is 18.9 Å². The van der Waals surface area contributed by atoms with Gasteiger partial charge >= 0.3 is 23.9 Å². The van der Waals surface area contributed by atoms with Crippen molar-refractivity contribution in [3.8, 4) is 23.0 Å². The van der Waals surface area contributed by atoms with E-state index in [1.807, 2.05) is 0 Å². The Hall–Kier alpha value is -6.06. The number of hydrogen-bond acceptors (Lipinski definition) is 16. The lowest BCUT2D eigenvalue weighted by molar-refractivity contribution is -0.143. The number of esters is 4. The molecule has 16 nitrogen and oxygen atoms in total. The molecule has 16 heteroatoms. The van der Waals surface area contributed by atoms with Crippen molar-refractivity contribution in [3.05, 3.63) is 70.2 Å². The molecule has 2 aromatic carbocycles. The number of carbonyl (C=O) groups is 6. The molecule has 2 aromatic rings. The van der Waals surface area contributed by atoms with Gasteiger partial charge in [0.1, 0.15) is 0 Å². The minimum Gasteiger partial charge on any atom is -0.504 e. The van der Waals surface area contributed by atoms with Gasteiger partial charge in [-0.05, 0) is 35.4 Å². The van der Waals surface area contributed by atoms with Crippen molar-refractivity contribution in [2.45, 2.75) is 24.7 Å². The Bertz CT molecular complexity index is 1590. The predicted octanol–water partition coefficient (Wildman–Crippen LogP) is 2.58. The molecule has 0 radical (unpaired) electrons. The third-order valence-corrected chi connectivity index (χ3v) is 7.65. The second-order valence-corrected chi connectivity index (χ2v) is 10.4. The Morgan fingerprint density at radius 2 is 0.880 bits per heavy atom. The van der Waals surface area contributed by atoms with Crippen LogP contribution in [-0.4, -0.2) is 102 Å². The fourth-order valence-corrected chi connectivity index (χ4v) is 5.07. The summed E-state index contributed by atoms with van der Waals surface area (Å²) in [7, 11) is 7.13. The summed E-state index contributed by atoms with van der Waals surface area (Å²) in [6.45, 7) is -0.917. The molecule has 3 rings (SSSR count). The first-order valence-electron chi connectivity index (χ1n) is 14.7. The summed E-state index contributed by atoms with van der Waals surface area (Å²) in [6, 6.07) is 8.23. The second-order valence-electron chi connectivity index (χ2n) is 10.4. The van der Waals surface area contributed by atoms with Crippen molar-refractivity contribution in [2.75, 3.05) is 55.9 Å². The van der Waals surface area contributed by atoms with Crippen LogP contribution in [0.15, 0.2) is 59.1 Å². The number of rotatable bonds is 16. The molecule has 1 aliphatic carbocycles. The van der Waals surface area contributed by atoms with Gasteiger partial charge in [0.15, 0.2) is 47.7 Å². The van der Waals surface area contributed by atoms with Gasteiger partial charge in [-0.25, -0.2) is 9.59 Å². The zero-order valence-electron chi connectivity index (χ0n) is 28.1. The summed E-state index contributed by atoms with van der Waals surface area (Å²) < 4.78 is 40.3. The summed E-state index contributed by atoms with van der Waals surface area (Å²) in [6.07, 6.45) is -1.14. The van der Waals surface area contributed by atoms with Crippen molar-refractivity contribution in [1.82, 2.24) is 0 Å². The lowest BCUT2D eigenvalue weighted by Gasteiger charge is -2.28. The summed E-state index contributed by atoms with van der Waals surface area (Å²) in [4.78, 5) is 76.1. The standard InChI is InChI=1S/C34H36O16/c1-43-23-11-17(7-9-21(23)49-15-27(37)47-5)19(13-25(35)45-3)29-31(39)33(41)30(34(42)32(29)40)20(14-26(36)46-4)18-8-10-22(24(12-18)44-2)50-16-28(38)48-6/h7-12,19-20,39,42H,13-16H2,1-6H3/t19-,20-/m1/s1. The molecular formula is C34H36O16. The van der Waals surface area contributed by atoms with Gasteiger partial charge in [0.05, 0.1) is 66.6 Å². The number of Topliss-reactive ketones (excluding diaryl/α,β-unsaturated/α-hetero) is 2. The summed E-state index contributed by atoms with van der Waals surface area (Å²) in [5.41, 5.74) is -0.939. The Morgan fingerprint density at radius 1 is 0.540 bits per heavy atom. The summed E-state index contributed by atoms with van der Waals surface area (Å²) in [5.74, 6) is -10.1. The van der Waals surface area contributed by atoms with E-state index in [2.05, 4.69) is 9.47 Å². The van der Waals surface area contributed by atoms with E-state index in [4.69, 9.17) is 28.4 Å². The molecule has 1 aliphatic rings. The average molecular weight is 701 g/mol. The topological polar surface area (TPSA) is 217 Å². The van der Waals surface area contributed by atoms with Crippen LogP contribution in [0.1, 0.15) is 35.8 Å². The third kappa shape index (κ3) is 8.69. The smallest absolute Gasteiger partial charge is 0.343 e. The number of aliphatic hydroxyl groups excluding tert-OH is 2.